The Morgan fingerprint density at radius 1 is 0.920 bits per heavy atom. The number of carbonyl (C=O) groups excluding carboxylic acids is 1. The highest BCUT2D eigenvalue weighted by Gasteiger charge is 2.36. The predicted octanol–water partition coefficient (Wildman–Crippen LogP) is 5.08. The topological polar surface area (TPSA) is 32.7 Å². The summed E-state index contributed by atoms with van der Waals surface area (Å²) in [7, 11) is 0. The molecule has 0 bridgehead atoms. The molecule has 1 heterocycles. The lowest BCUT2D eigenvalue weighted by Crippen LogP contribution is -2.23. The standard InChI is InChI=1S/C22H22N2O/c1-22(2,3)20-19(16-10-13-17-11-6-4-7-12-17)21(25)24(23-20)18-14-8-5-9-15-18/h4-16H,1-3H3/b13-10+,19-16+. The Labute approximate surface area is 149 Å². The van der Waals surface area contributed by atoms with Crippen LogP contribution in [-0.2, 0) is 4.79 Å². The van der Waals surface area contributed by atoms with Gasteiger partial charge in [-0.2, -0.15) is 10.1 Å². The van der Waals surface area contributed by atoms with Gasteiger partial charge in [0.15, 0.2) is 0 Å². The summed E-state index contributed by atoms with van der Waals surface area (Å²) in [6.07, 6.45) is 5.77. The highest BCUT2D eigenvalue weighted by Crippen LogP contribution is 2.31. The third-order valence-corrected chi connectivity index (χ3v) is 3.94. The highest BCUT2D eigenvalue weighted by atomic mass is 16.2. The number of para-hydroxylation sites is 1. The monoisotopic (exact) mass is 330 g/mol. The minimum absolute atomic E-state index is 0.0890. The lowest BCUT2D eigenvalue weighted by atomic mass is 9.85. The van der Waals surface area contributed by atoms with Gasteiger partial charge in [-0.05, 0) is 23.8 Å². The summed E-state index contributed by atoms with van der Waals surface area (Å²) in [6.45, 7) is 6.22. The van der Waals surface area contributed by atoms with Crippen LogP contribution >= 0.6 is 0 Å². The number of anilines is 1. The minimum atomic E-state index is -0.217. The van der Waals surface area contributed by atoms with Crippen molar-refractivity contribution < 1.29 is 4.79 Å². The van der Waals surface area contributed by atoms with Crippen molar-refractivity contribution in [1.82, 2.24) is 0 Å². The zero-order valence-electron chi connectivity index (χ0n) is 14.8. The second kappa shape index (κ2) is 6.89. The quantitative estimate of drug-likeness (QED) is 0.723. The van der Waals surface area contributed by atoms with Crippen LogP contribution in [0.2, 0.25) is 0 Å². The lowest BCUT2D eigenvalue weighted by Gasteiger charge is -2.17. The molecule has 0 aromatic heterocycles. The predicted molar refractivity (Wildman–Crippen MR) is 104 cm³/mol. The fourth-order valence-electron chi connectivity index (χ4n) is 2.68. The number of rotatable bonds is 3. The molecule has 3 rings (SSSR count). The van der Waals surface area contributed by atoms with Crippen molar-refractivity contribution in [2.24, 2.45) is 10.5 Å². The molecule has 1 amide bonds. The largest absolute Gasteiger partial charge is 0.280 e. The van der Waals surface area contributed by atoms with Crippen molar-refractivity contribution in [3.63, 3.8) is 0 Å². The van der Waals surface area contributed by atoms with Gasteiger partial charge < -0.3 is 0 Å². The Kier molecular flexibility index (Phi) is 4.66. The van der Waals surface area contributed by atoms with E-state index in [1.54, 1.807) is 0 Å². The van der Waals surface area contributed by atoms with E-state index in [0.29, 0.717) is 5.57 Å². The maximum Gasteiger partial charge on any atom is 0.280 e. The highest BCUT2D eigenvalue weighted by molar-refractivity contribution is 6.31. The van der Waals surface area contributed by atoms with Gasteiger partial charge in [0.25, 0.3) is 5.91 Å². The van der Waals surface area contributed by atoms with Crippen molar-refractivity contribution in [3.05, 3.63) is 84.0 Å². The lowest BCUT2D eigenvalue weighted by molar-refractivity contribution is -0.114. The third kappa shape index (κ3) is 3.77. The molecule has 3 heteroatoms. The van der Waals surface area contributed by atoms with E-state index < -0.39 is 0 Å². The maximum atomic E-state index is 12.9. The van der Waals surface area contributed by atoms with Crippen molar-refractivity contribution in [3.8, 4) is 0 Å². The van der Waals surface area contributed by atoms with Crippen LogP contribution in [-0.4, -0.2) is 11.6 Å². The zero-order valence-corrected chi connectivity index (χ0v) is 14.8. The van der Waals surface area contributed by atoms with E-state index in [4.69, 9.17) is 0 Å². The molecule has 0 unspecified atom stereocenters. The van der Waals surface area contributed by atoms with Gasteiger partial charge in [0, 0.05) is 5.41 Å². The van der Waals surface area contributed by atoms with Crippen LogP contribution < -0.4 is 5.01 Å². The molecule has 3 nitrogen and oxygen atoms in total. The normalized spacial score (nSPS) is 16.8. The van der Waals surface area contributed by atoms with E-state index in [-0.39, 0.29) is 11.3 Å². The molecule has 0 atom stereocenters. The van der Waals surface area contributed by atoms with Gasteiger partial charge in [-0.15, -0.1) is 0 Å². The van der Waals surface area contributed by atoms with Gasteiger partial charge >= 0.3 is 0 Å². The number of carbonyl (C=O) groups is 1. The number of hydrogen-bond donors (Lipinski definition) is 0. The summed E-state index contributed by atoms with van der Waals surface area (Å²) < 4.78 is 0. The average Bonchev–Trinajstić information content (AvgIpc) is 2.94. The van der Waals surface area contributed by atoms with Crippen molar-refractivity contribution in [2.75, 3.05) is 5.01 Å². The SMILES string of the molecule is CC(C)(C)C1=NN(c2ccccc2)C(=O)/C1=C/C=C/c1ccccc1. The second-order valence-corrected chi connectivity index (χ2v) is 7.00. The molecule has 0 radical (unpaired) electrons. The van der Waals surface area contributed by atoms with Gasteiger partial charge in [0.2, 0.25) is 0 Å². The Morgan fingerprint density at radius 2 is 1.52 bits per heavy atom. The van der Waals surface area contributed by atoms with E-state index in [1.165, 1.54) is 5.01 Å². The maximum absolute atomic E-state index is 12.9. The Morgan fingerprint density at radius 3 is 2.12 bits per heavy atom. The Hall–Kier alpha value is -2.94. The van der Waals surface area contributed by atoms with E-state index in [1.807, 2.05) is 78.9 Å². The van der Waals surface area contributed by atoms with Crippen LogP contribution in [0.1, 0.15) is 26.3 Å². The molecule has 0 saturated heterocycles. The molecule has 0 saturated carbocycles. The Balaban J connectivity index is 1.95. The first-order valence-corrected chi connectivity index (χ1v) is 8.39. The van der Waals surface area contributed by atoms with Crippen LogP contribution in [0.25, 0.3) is 6.08 Å². The molecular weight excluding hydrogens is 308 g/mol. The van der Waals surface area contributed by atoms with Gasteiger partial charge in [-0.1, -0.05) is 81.5 Å². The van der Waals surface area contributed by atoms with E-state index >= 15 is 0 Å². The number of amides is 1. The minimum Gasteiger partial charge on any atom is -0.267 e. The summed E-state index contributed by atoms with van der Waals surface area (Å²) in [5.41, 5.74) is 3.11. The molecule has 126 valence electrons. The number of allylic oxidation sites excluding steroid dienone is 2. The number of hydrogen-bond acceptors (Lipinski definition) is 2. The first-order valence-electron chi connectivity index (χ1n) is 8.39. The van der Waals surface area contributed by atoms with Crippen molar-refractivity contribution in [1.29, 1.82) is 0 Å². The average molecular weight is 330 g/mol. The zero-order chi connectivity index (χ0) is 17.9. The van der Waals surface area contributed by atoms with Gasteiger partial charge in [-0.3, -0.25) is 4.79 Å². The molecule has 1 aliphatic heterocycles. The molecule has 1 aliphatic rings. The fraction of sp³-hybridized carbons (Fsp3) is 0.182. The molecule has 25 heavy (non-hydrogen) atoms. The number of hydrazone groups is 1. The number of nitrogens with zero attached hydrogens (tertiary/aromatic N) is 2. The first-order chi connectivity index (χ1) is 12.0. The van der Waals surface area contributed by atoms with Crippen LogP contribution in [0.5, 0.6) is 0 Å². The van der Waals surface area contributed by atoms with Crippen LogP contribution in [0.15, 0.2) is 83.5 Å². The van der Waals surface area contributed by atoms with Crippen LogP contribution in [0.3, 0.4) is 0 Å². The smallest absolute Gasteiger partial charge is 0.267 e. The summed E-state index contributed by atoms with van der Waals surface area (Å²) in [5.74, 6) is -0.0890. The molecular formula is C22H22N2O. The van der Waals surface area contributed by atoms with Gasteiger partial charge in [0.05, 0.1) is 17.0 Å². The molecule has 2 aromatic rings. The van der Waals surface area contributed by atoms with Gasteiger partial charge in [0.1, 0.15) is 0 Å². The summed E-state index contributed by atoms with van der Waals surface area (Å²) in [6, 6.07) is 19.6. The molecule has 2 aromatic carbocycles. The van der Waals surface area contributed by atoms with E-state index in [9.17, 15) is 4.79 Å². The molecule has 0 fully saturated rings. The van der Waals surface area contributed by atoms with Crippen molar-refractivity contribution >= 4 is 23.4 Å². The van der Waals surface area contributed by atoms with Crippen molar-refractivity contribution in [2.45, 2.75) is 20.8 Å². The third-order valence-electron chi connectivity index (χ3n) is 3.94. The van der Waals surface area contributed by atoms with E-state index in [2.05, 4.69) is 25.9 Å². The summed E-state index contributed by atoms with van der Waals surface area (Å²) in [5, 5.41) is 6.10. The van der Waals surface area contributed by atoms with E-state index in [0.717, 1.165) is 17.0 Å². The summed E-state index contributed by atoms with van der Waals surface area (Å²) >= 11 is 0. The molecule has 0 aliphatic carbocycles. The fourth-order valence-corrected chi connectivity index (χ4v) is 2.68. The first kappa shape index (κ1) is 16.9. The van der Waals surface area contributed by atoms with Crippen LogP contribution in [0, 0.1) is 5.41 Å². The summed E-state index contributed by atoms with van der Waals surface area (Å²) in [4.78, 5) is 12.9. The van der Waals surface area contributed by atoms with Gasteiger partial charge in [-0.25, -0.2) is 0 Å². The molecule has 0 N–H and O–H groups in total. The second-order valence-electron chi connectivity index (χ2n) is 7.00. The number of benzene rings is 2. The Bertz CT molecular complexity index is 841. The molecule has 0 spiro atoms. The van der Waals surface area contributed by atoms with Crippen LogP contribution in [0.4, 0.5) is 5.69 Å².